The van der Waals surface area contributed by atoms with E-state index in [0.29, 0.717) is 19.5 Å². The van der Waals surface area contributed by atoms with Gasteiger partial charge in [0.15, 0.2) is 0 Å². The van der Waals surface area contributed by atoms with Crippen LogP contribution in [0.1, 0.15) is 17.7 Å². The number of amides is 2. The van der Waals surface area contributed by atoms with Gasteiger partial charge in [0, 0.05) is 37.6 Å². The van der Waals surface area contributed by atoms with Crippen LogP contribution in [-0.4, -0.2) is 73.6 Å². The van der Waals surface area contributed by atoms with E-state index in [2.05, 4.69) is 10.2 Å². The van der Waals surface area contributed by atoms with Gasteiger partial charge in [0.05, 0.1) is 19.6 Å². The van der Waals surface area contributed by atoms with Crippen molar-refractivity contribution in [3.05, 3.63) is 22.4 Å². The van der Waals surface area contributed by atoms with Crippen molar-refractivity contribution in [1.29, 1.82) is 0 Å². The predicted octanol–water partition coefficient (Wildman–Crippen LogP) is 0.730. The van der Waals surface area contributed by atoms with Crippen LogP contribution in [0.25, 0.3) is 0 Å². The summed E-state index contributed by atoms with van der Waals surface area (Å²) in [7, 11) is 0. The molecule has 0 aromatic carbocycles. The third-order valence-electron chi connectivity index (χ3n) is 4.61. The van der Waals surface area contributed by atoms with Crippen LogP contribution < -0.4 is 5.32 Å². The summed E-state index contributed by atoms with van der Waals surface area (Å²) in [6.45, 7) is 5.53. The highest BCUT2D eigenvalue weighted by Gasteiger charge is 2.33. The number of rotatable bonds is 6. The number of nitrogens with one attached hydrogen (secondary N) is 1. The number of hydrogen-bond donors (Lipinski definition) is 1. The summed E-state index contributed by atoms with van der Waals surface area (Å²) in [4.78, 5) is 30.0. The summed E-state index contributed by atoms with van der Waals surface area (Å²) in [5, 5.41) is 4.98. The summed E-state index contributed by atoms with van der Waals surface area (Å²) in [5.41, 5.74) is 0. The van der Waals surface area contributed by atoms with Crippen LogP contribution >= 0.6 is 11.3 Å². The Morgan fingerprint density at radius 2 is 2.12 bits per heavy atom. The summed E-state index contributed by atoms with van der Waals surface area (Å²) in [6.07, 6.45) is 2.06. The van der Waals surface area contributed by atoms with E-state index in [4.69, 9.17) is 4.74 Å². The largest absolute Gasteiger partial charge is 0.379 e. The molecule has 0 unspecified atom stereocenters. The quantitative estimate of drug-likeness (QED) is 0.821. The van der Waals surface area contributed by atoms with Gasteiger partial charge in [-0.05, 0) is 24.3 Å². The Balaban J connectivity index is 1.45. The first-order chi connectivity index (χ1) is 11.7. The lowest BCUT2D eigenvalue weighted by Crippen LogP contribution is -2.48. The Morgan fingerprint density at radius 3 is 2.88 bits per heavy atom. The van der Waals surface area contributed by atoms with Crippen LogP contribution in [-0.2, 0) is 20.7 Å². The first-order valence-electron chi connectivity index (χ1n) is 8.64. The van der Waals surface area contributed by atoms with Crippen molar-refractivity contribution in [1.82, 2.24) is 15.1 Å². The minimum atomic E-state index is -0.304. The zero-order chi connectivity index (χ0) is 16.8. The summed E-state index contributed by atoms with van der Waals surface area (Å²) in [5.74, 6) is 0.0450. The average molecular weight is 351 g/mol. The third kappa shape index (κ3) is 4.55. The molecule has 1 aromatic heterocycles. The van der Waals surface area contributed by atoms with Crippen molar-refractivity contribution in [2.24, 2.45) is 0 Å². The molecule has 132 valence electrons. The van der Waals surface area contributed by atoms with E-state index >= 15 is 0 Å². The predicted molar refractivity (Wildman–Crippen MR) is 93.0 cm³/mol. The molecule has 6 nitrogen and oxygen atoms in total. The number of carbonyl (C=O) groups excluding carboxylic acids is 2. The first kappa shape index (κ1) is 17.4. The molecule has 0 radical (unpaired) electrons. The van der Waals surface area contributed by atoms with Crippen molar-refractivity contribution in [2.45, 2.75) is 25.3 Å². The molecular formula is C17H25N3O3S. The molecule has 2 fully saturated rings. The number of nitrogens with zero attached hydrogens (tertiary/aromatic N) is 2. The fourth-order valence-electron chi connectivity index (χ4n) is 3.28. The van der Waals surface area contributed by atoms with E-state index in [9.17, 15) is 9.59 Å². The summed E-state index contributed by atoms with van der Waals surface area (Å²) in [6, 6.07) is 3.62. The molecule has 1 atom stereocenters. The summed E-state index contributed by atoms with van der Waals surface area (Å²) < 4.78 is 5.32. The Morgan fingerprint density at radius 1 is 1.29 bits per heavy atom. The highest BCUT2D eigenvalue weighted by molar-refractivity contribution is 7.10. The van der Waals surface area contributed by atoms with E-state index in [1.165, 1.54) is 0 Å². The van der Waals surface area contributed by atoms with Gasteiger partial charge in [0.2, 0.25) is 11.8 Å². The van der Waals surface area contributed by atoms with E-state index in [0.717, 1.165) is 50.6 Å². The number of ether oxygens (including phenoxy) is 1. The Hall–Kier alpha value is -1.44. The minimum Gasteiger partial charge on any atom is -0.379 e. The molecule has 0 aliphatic carbocycles. The maximum absolute atomic E-state index is 12.5. The smallest absolute Gasteiger partial charge is 0.242 e. The van der Waals surface area contributed by atoms with Crippen LogP contribution in [0.15, 0.2) is 17.5 Å². The monoisotopic (exact) mass is 351 g/mol. The van der Waals surface area contributed by atoms with Gasteiger partial charge < -0.3 is 15.0 Å². The van der Waals surface area contributed by atoms with Gasteiger partial charge in [-0.1, -0.05) is 6.07 Å². The zero-order valence-corrected chi connectivity index (χ0v) is 14.7. The lowest BCUT2D eigenvalue weighted by molar-refractivity contribution is -0.137. The first-order valence-corrected chi connectivity index (χ1v) is 9.51. The second kappa shape index (κ2) is 8.60. The van der Waals surface area contributed by atoms with Gasteiger partial charge in [-0.25, -0.2) is 0 Å². The molecule has 0 bridgehead atoms. The number of morpholine rings is 1. The molecule has 2 aliphatic heterocycles. The maximum atomic E-state index is 12.5. The molecule has 2 aliphatic rings. The fraction of sp³-hybridized carbons (Fsp3) is 0.647. The van der Waals surface area contributed by atoms with Crippen LogP contribution in [0.4, 0.5) is 0 Å². The molecular weight excluding hydrogens is 326 g/mol. The van der Waals surface area contributed by atoms with Crippen LogP contribution in [0.3, 0.4) is 0 Å². The van der Waals surface area contributed by atoms with Gasteiger partial charge in [-0.3, -0.25) is 14.5 Å². The van der Waals surface area contributed by atoms with E-state index in [1.807, 2.05) is 17.5 Å². The molecule has 1 aromatic rings. The lowest BCUT2D eigenvalue weighted by atomic mass is 10.2. The van der Waals surface area contributed by atoms with Crippen molar-refractivity contribution in [3.8, 4) is 0 Å². The SMILES string of the molecule is O=C(NCCN1CCOCC1)[C@@H]1CCCN1C(=O)Cc1cccs1. The summed E-state index contributed by atoms with van der Waals surface area (Å²) >= 11 is 1.59. The Bertz CT molecular complexity index is 543. The van der Waals surface area contributed by atoms with Gasteiger partial charge in [-0.2, -0.15) is 0 Å². The van der Waals surface area contributed by atoms with Gasteiger partial charge in [0.25, 0.3) is 0 Å². The second-order valence-electron chi connectivity index (χ2n) is 6.25. The normalized spacial score (nSPS) is 21.8. The number of likely N-dealkylation sites (tertiary alicyclic amines) is 1. The van der Waals surface area contributed by atoms with Crippen molar-refractivity contribution in [3.63, 3.8) is 0 Å². The van der Waals surface area contributed by atoms with Gasteiger partial charge in [-0.15, -0.1) is 11.3 Å². The number of hydrogen-bond acceptors (Lipinski definition) is 5. The molecule has 0 spiro atoms. The molecule has 0 saturated carbocycles. The lowest BCUT2D eigenvalue weighted by Gasteiger charge is -2.27. The minimum absolute atomic E-state index is 0.0136. The molecule has 3 rings (SSSR count). The third-order valence-corrected chi connectivity index (χ3v) is 5.49. The molecule has 1 N–H and O–H groups in total. The van der Waals surface area contributed by atoms with Crippen LogP contribution in [0, 0.1) is 0 Å². The molecule has 2 amide bonds. The van der Waals surface area contributed by atoms with E-state index in [-0.39, 0.29) is 17.9 Å². The highest BCUT2D eigenvalue weighted by atomic mass is 32.1. The fourth-order valence-corrected chi connectivity index (χ4v) is 3.98. The zero-order valence-electron chi connectivity index (χ0n) is 13.9. The number of carbonyl (C=O) groups is 2. The van der Waals surface area contributed by atoms with E-state index in [1.54, 1.807) is 16.2 Å². The van der Waals surface area contributed by atoms with Crippen LogP contribution in [0.2, 0.25) is 0 Å². The molecule has 24 heavy (non-hydrogen) atoms. The molecule has 7 heteroatoms. The van der Waals surface area contributed by atoms with Crippen molar-refractivity contribution < 1.29 is 14.3 Å². The Kier molecular flexibility index (Phi) is 6.23. The molecule has 2 saturated heterocycles. The standard InChI is InChI=1S/C17H25N3O3S/c21-16(13-14-3-2-12-24-14)20-6-1-4-15(20)17(22)18-5-7-19-8-10-23-11-9-19/h2-3,12,15H,1,4-11,13H2,(H,18,22)/t15-/m0/s1. The molecule has 3 heterocycles. The highest BCUT2D eigenvalue weighted by Crippen LogP contribution is 2.20. The topological polar surface area (TPSA) is 61.9 Å². The average Bonchev–Trinajstić information content (AvgIpc) is 3.27. The van der Waals surface area contributed by atoms with E-state index < -0.39 is 0 Å². The Labute approximate surface area is 146 Å². The number of thiophene rings is 1. The van der Waals surface area contributed by atoms with Crippen molar-refractivity contribution >= 4 is 23.2 Å². The maximum Gasteiger partial charge on any atom is 0.242 e. The second-order valence-corrected chi connectivity index (χ2v) is 7.28. The van der Waals surface area contributed by atoms with Gasteiger partial charge in [0.1, 0.15) is 6.04 Å². The van der Waals surface area contributed by atoms with Crippen molar-refractivity contribution in [2.75, 3.05) is 45.9 Å². The van der Waals surface area contributed by atoms with Crippen LogP contribution in [0.5, 0.6) is 0 Å². The van der Waals surface area contributed by atoms with Gasteiger partial charge >= 0.3 is 0 Å².